The molecule has 6 nitrogen and oxygen atoms in total. The molecule has 2 aliphatic rings. The second kappa shape index (κ2) is 10.3. The number of pyridine rings is 1. The van der Waals surface area contributed by atoms with Crippen molar-refractivity contribution >= 4 is 35.8 Å². The van der Waals surface area contributed by atoms with Crippen LogP contribution in [0.5, 0.6) is 0 Å². The highest BCUT2D eigenvalue weighted by Gasteiger charge is 2.19. The molecule has 2 aliphatic heterocycles. The third-order valence-corrected chi connectivity index (χ3v) is 5.12. The van der Waals surface area contributed by atoms with Gasteiger partial charge < -0.3 is 19.9 Å². The minimum absolute atomic E-state index is 0. The molecule has 1 aromatic rings. The molecule has 1 atom stereocenters. The van der Waals surface area contributed by atoms with Crippen LogP contribution < -0.4 is 10.2 Å². The van der Waals surface area contributed by atoms with Gasteiger partial charge in [0.15, 0.2) is 5.96 Å². The van der Waals surface area contributed by atoms with E-state index < -0.39 is 0 Å². The van der Waals surface area contributed by atoms with Gasteiger partial charge in [-0.15, -0.1) is 24.0 Å². The normalized spacial score (nSPS) is 22.1. The number of guanidine groups is 1. The lowest BCUT2D eigenvalue weighted by molar-refractivity contribution is 0.0529. The monoisotopic (exact) mass is 473 g/mol. The zero-order valence-electron chi connectivity index (χ0n) is 16.1. The number of halogens is 1. The second-order valence-corrected chi connectivity index (χ2v) is 7.22. The van der Waals surface area contributed by atoms with Gasteiger partial charge in [0.1, 0.15) is 5.82 Å². The van der Waals surface area contributed by atoms with Gasteiger partial charge in [0.2, 0.25) is 0 Å². The number of morpholine rings is 1. The third-order valence-electron chi connectivity index (χ3n) is 5.12. The Morgan fingerprint density at radius 3 is 2.65 bits per heavy atom. The van der Waals surface area contributed by atoms with Crippen LogP contribution in [0.2, 0.25) is 0 Å². The lowest BCUT2D eigenvalue weighted by Gasteiger charge is -2.33. The number of aromatic nitrogens is 1. The van der Waals surface area contributed by atoms with E-state index in [0.29, 0.717) is 0 Å². The molecule has 0 aliphatic carbocycles. The maximum Gasteiger partial charge on any atom is 0.193 e. The van der Waals surface area contributed by atoms with Crippen molar-refractivity contribution in [2.45, 2.75) is 39.3 Å². The molecule has 1 unspecified atom stereocenters. The highest BCUT2D eigenvalue weighted by atomic mass is 127. The summed E-state index contributed by atoms with van der Waals surface area (Å²) in [6.45, 7) is 9.97. The van der Waals surface area contributed by atoms with Crippen LogP contribution in [0.1, 0.15) is 32.3 Å². The minimum Gasteiger partial charge on any atom is -0.375 e. The summed E-state index contributed by atoms with van der Waals surface area (Å²) in [5, 5.41) is 3.48. The van der Waals surface area contributed by atoms with Crippen molar-refractivity contribution in [3.63, 3.8) is 0 Å². The van der Waals surface area contributed by atoms with Crippen molar-refractivity contribution in [2.75, 3.05) is 44.7 Å². The minimum atomic E-state index is 0. The number of hydrogen-bond acceptors (Lipinski definition) is 4. The van der Waals surface area contributed by atoms with Gasteiger partial charge in [-0.1, -0.05) is 13.0 Å². The average Bonchev–Trinajstić information content (AvgIpc) is 2.64. The van der Waals surface area contributed by atoms with Crippen molar-refractivity contribution in [3.8, 4) is 0 Å². The third kappa shape index (κ3) is 5.70. The number of hydrogen-bond donors (Lipinski definition) is 1. The van der Waals surface area contributed by atoms with E-state index >= 15 is 0 Å². The zero-order valence-corrected chi connectivity index (χ0v) is 18.5. The number of anilines is 1. The summed E-state index contributed by atoms with van der Waals surface area (Å²) in [5.41, 5.74) is 1.18. The zero-order chi connectivity index (χ0) is 17.6. The van der Waals surface area contributed by atoms with Crippen LogP contribution in [0.3, 0.4) is 0 Å². The number of nitrogens with zero attached hydrogens (tertiary/aromatic N) is 4. The fourth-order valence-corrected chi connectivity index (χ4v) is 3.47. The Balaban J connectivity index is 0.00000243. The van der Waals surface area contributed by atoms with Crippen LogP contribution in [0.15, 0.2) is 23.3 Å². The largest absolute Gasteiger partial charge is 0.375 e. The maximum absolute atomic E-state index is 5.60. The predicted molar refractivity (Wildman–Crippen MR) is 117 cm³/mol. The molecule has 0 spiro atoms. The van der Waals surface area contributed by atoms with Crippen LogP contribution in [-0.4, -0.2) is 61.8 Å². The first-order chi connectivity index (χ1) is 12.2. The van der Waals surface area contributed by atoms with Crippen LogP contribution in [0, 0.1) is 5.92 Å². The first-order valence-electron chi connectivity index (χ1n) is 9.43. The van der Waals surface area contributed by atoms with Crippen molar-refractivity contribution in [1.82, 2.24) is 15.2 Å². The molecule has 0 amide bonds. The van der Waals surface area contributed by atoms with Gasteiger partial charge in [0, 0.05) is 46.0 Å². The molecule has 0 aromatic carbocycles. The fourth-order valence-electron chi connectivity index (χ4n) is 3.47. The van der Waals surface area contributed by atoms with Crippen molar-refractivity contribution in [3.05, 3.63) is 23.9 Å². The number of ether oxygens (including phenoxy) is 1. The van der Waals surface area contributed by atoms with Gasteiger partial charge in [0.05, 0.1) is 12.7 Å². The van der Waals surface area contributed by atoms with Crippen LogP contribution in [-0.2, 0) is 11.3 Å². The summed E-state index contributed by atoms with van der Waals surface area (Å²) < 4.78 is 5.60. The Kier molecular flexibility index (Phi) is 8.40. The highest BCUT2D eigenvalue weighted by molar-refractivity contribution is 14.0. The van der Waals surface area contributed by atoms with Gasteiger partial charge in [-0.3, -0.25) is 4.99 Å². The van der Waals surface area contributed by atoms with Crippen molar-refractivity contribution in [2.24, 2.45) is 10.9 Å². The van der Waals surface area contributed by atoms with Gasteiger partial charge in [-0.25, -0.2) is 4.98 Å². The number of piperidine rings is 1. The molecular formula is C19H32IN5O. The number of aliphatic imine (C=N–C) groups is 1. The molecule has 0 bridgehead atoms. The lowest BCUT2D eigenvalue weighted by Crippen LogP contribution is -2.45. The first kappa shape index (κ1) is 21.2. The van der Waals surface area contributed by atoms with E-state index in [4.69, 9.17) is 4.74 Å². The van der Waals surface area contributed by atoms with Gasteiger partial charge in [0.25, 0.3) is 0 Å². The summed E-state index contributed by atoms with van der Waals surface area (Å²) in [5.74, 6) is 2.86. The summed E-state index contributed by atoms with van der Waals surface area (Å²) in [6, 6.07) is 4.27. The highest BCUT2D eigenvalue weighted by Crippen LogP contribution is 2.17. The van der Waals surface area contributed by atoms with Crippen molar-refractivity contribution < 1.29 is 4.74 Å². The molecule has 1 N–H and O–H groups in total. The molecule has 7 heteroatoms. The van der Waals surface area contributed by atoms with Crippen LogP contribution in [0.4, 0.5) is 5.82 Å². The summed E-state index contributed by atoms with van der Waals surface area (Å²) >= 11 is 0. The predicted octanol–water partition coefficient (Wildman–Crippen LogP) is 2.73. The molecule has 2 saturated heterocycles. The molecule has 1 aromatic heterocycles. The smallest absolute Gasteiger partial charge is 0.193 e. The van der Waals surface area contributed by atoms with E-state index in [1.807, 2.05) is 13.2 Å². The quantitative estimate of drug-likeness (QED) is 0.416. The summed E-state index contributed by atoms with van der Waals surface area (Å²) in [6.07, 6.45) is 4.73. The van der Waals surface area contributed by atoms with Gasteiger partial charge >= 0.3 is 0 Å². The van der Waals surface area contributed by atoms with Crippen LogP contribution in [0.25, 0.3) is 0 Å². The number of rotatable bonds is 3. The average molecular weight is 473 g/mol. The Morgan fingerprint density at radius 2 is 2.04 bits per heavy atom. The van der Waals surface area contributed by atoms with Crippen LogP contribution >= 0.6 is 24.0 Å². The Labute approximate surface area is 174 Å². The topological polar surface area (TPSA) is 53.0 Å². The van der Waals surface area contributed by atoms with Gasteiger partial charge in [-0.2, -0.15) is 0 Å². The Bertz CT molecular complexity index is 572. The molecule has 26 heavy (non-hydrogen) atoms. The molecule has 146 valence electrons. The number of likely N-dealkylation sites (tertiary alicyclic amines) is 1. The van der Waals surface area contributed by atoms with Crippen molar-refractivity contribution in [1.29, 1.82) is 0 Å². The molecule has 2 fully saturated rings. The Morgan fingerprint density at radius 1 is 1.27 bits per heavy atom. The molecule has 3 rings (SSSR count). The lowest BCUT2D eigenvalue weighted by atomic mass is 10.00. The molecule has 0 radical (unpaired) electrons. The van der Waals surface area contributed by atoms with E-state index in [-0.39, 0.29) is 30.1 Å². The molecule has 3 heterocycles. The van der Waals surface area contributed by atoms with E-state index in [0.717, 1.165) is 57.0 Å². The standard InChI is InChI=1S/C19H31N5O.HI/c1-15-6-8-23(9-7-15)19(20-3)22-13-17-4-5-18(21-12-17)24-10-11-25-16(2)14-24;/h4-5,12,15-16H,6-11,13-14H2,1-3H3,(H,20,22);1H. The summed E-state index contributed by atoms with van der Waals surface area (Å²) in [7, 11) is 1.86. The summed E-state index contributed by atoms with van der Waals surface area (Å²) in [4.78, 5) is 13.7. The first-order valence-corrected chi connectivity index (χ1v) is 9.43. The maximum atomic E-state index is 5.60. The van der Waals surface area contributed by atoms with E-state index in [9.17, 15) is 0 Å². The molecule has 0 saturated carbocycles. The SMILES string of the molecule is CN=C(NCc1ccc(N2CCOC(C)C2)nc1)N1CCC(C)CC1.I. The fraction of sp³-hybridized carbons (Fsp3) is 0.684. The van der Waals surface area contributed by atoms with E-state index in [2.05, 4.69) is 51.1 Å². The Hall–Kier alpha value is -1.09. The second-order valence-electron chi connectivity index (χ2n) is 7.22. The molecular weight excluding hydrogens is 441 g/mol. The van der Waals surface area contributed by atoms with E-state index in [1.54, 1.807) is 0 Å². The van der Waals surface area contributed by atoms with E-state index in [1.165, 1.54) is 18.4 Å². The van der Waals surface area contributed by atoms with Gasteiger partial charge in [-0.05, 0) is 37.3 Å². The number of nitrogens with one attached hydrogen (secondary N) is 1.